The third-order valence-corrected chi connectivity index (χ3v) is 2.03. The fourth-order valence-corrected chi connectivity index (χ4v) is 1.30. The summed E-state index contributed by atoms with van der Waals surface area (Å²) in [6, 6.07) is 0. The molecule has 0 heterocycles. The van der Waals surface area contributed by atoms with Crippen LogP contribution in [0.5, 0.6) is 0 Å². The maximum absolute atomic E-state index is 12.2. The molecule has 0 aromatic heterocycles. The number of allylic oxidation sites excluding steroid dienone is 2. The highest BCUT2D eigenvalue weighted by Crippen LogP contribution is 2.38. The number of isocyanates is 1. The Bertz CT molecular complexity index is 341. The molecule has 6 heteroatoms. The molecule has 1 aliphatic rings. The summed E-state index contributed by atoms with van der Waals surface area (Å²) >= 11 is 5.62. The van der Waals surface area contributed by atoms with E-state index < -0.39 is 23.2 Å². The first kappa shape index (κ1) is 11.0. The van der Waals surface area contributed by atoms with Gasteiger partial charge in [0, 0.05) is 12.0 Å². The SMILES string of the molecule is O=C=NC1(Cl)C=CC=C(C(F)(F)F)C1. The molecule has 0 saturated carbocycles. The molecule has 0 bridgehead atoms. The summed E-state index contributed by atoms with van der Waals surface area (Å²) in [5, 5.41) is 0. The molecule has 1 rings (SSSR count). The van der Waals surface area contributed by atoms with E-state index in [0.29, 0.717) is 0 Å². The molecule has 0 N–H and O–H groups in total. The highest BCUT2D eigenvalue weighted by molar-refractivity contribution is 6.25. The third kappa shape index (κ3) is 2.47. The summed E-state index contributed by atoms with van der Waals surface area (Å²) in [5.74, 6) is 0. The molecule has 1 unspecified atom stereocenters. The van der Waals surface area contributed by atoms with E-state index in [9.17, 15) is 18.0 Å². The first-order chi connectivity index (χ1) is 6.37. The molecule has 0 amide bonds. The average Bonchev–Trinajstić information content (AvgIpc) is 2.02. The first-order valence-electron chi connectivity index (χ1n) is 3.61. The van der Waals surface area contributed by atoms with Crippen LogP contribution < -0.4 is 0 Å². The third-order valence-electron chi connectivity index (χ3n) is 1.68. The molecule has 0 radical (unpaired) electrons. The van der Waals surface area contributed by atoms with Gasteiger partial charge in [-0.3, -0.25) is 0 Å². The number of carbonyl (C=O) groups excluding carboxylic acids is 1. The standard InChI is InChI=1S/C8H5ClF3NO/c9-7(13-5-14)3-1-2-6(4-7)8(10,11)12/h1-3H,4H2. The number of halogens is 4. The molecule has 0 aliphatic heterocycles. The largest absolute Gasteiger partial charge is 0.412 e. The maximum atomic E-state index is 12.2. The minimum absolute atomic E-state index is 0.552. The van der Waals surface area contributed by atoms with Crippen LogP contribution in [-0.2, 0) is 4.79 Å². The molecule has 0 fully saturated rings. The lowest BCUT2D eigenvalue weighted by Gasteiger charge is -2.22. The van der Waals surface area contributed by atoms with E-state index in [1.165, 1.54) is 6.08 Å². The van der Waals surface area contributed by atoms with E-state index in [-0.39, 0.29) is 0 Å². The summed E-state index contributed by atoms with van der Waals surface area (Å²) < 4.78 is 36.7. The highest BCUT2D eigenvalue weighted by atomic mass is 35.5. The Kier molecular flexibility index (Phi) is 2.83. The lowest BCUT2D eigenvalue weighted by atomic mass is 10.00. The van der Waals surface area contributed by atoms with Crippen molar-refractivity contribution in [3.05, 3.63) is 23.8 Å². The van der Waals surface area contributed by atoms with E-state index in [1.807, 2.05) is 0 Å². The van der Waals surface area contributed by atoms with Crippen LogP contribution in [-0.4, -0.2) is 17.3 Å². The smallest absolute Gasteiger partial charge is 0.211 e. The van der Waals surface area contributed by atoms with Crippen LogP contribution >= 0.6 is 11.6 Å². The van der Waals surface area contributed by atoms with Crippen LogP contribution in [0.3, 0.4) is 0 Å². The van der Waals surface area contributed by atoms with Crippen molar-refractivity contribution in [3.63, 3.8) is 0 Å². The molecule has 1 atom stereocenters. The second-order valence-electron chi connectivity index (χ2n) is 2.75. The van der Waals surface area contributed by atoms with E-state index >= 15 is 0 Å². The lowest BCUT2D eigenvalue weighted by molar-refractivity contribution is -0.0947. The lowest BCUT2D eigenvalue weighted by Crippen LogP contribution is -2.24. The zero-order chi connectivity index (χ0) is 10.8. The van der Waals surface area contributed by atoms with Crippen molar-refractivity contribution >= 4 is 17.7 Å². The summed E-state index contributed by atoms with van der Waals surface area (Å²) in [4.78, 5) is 11.4. The zero-order valence-electron chi connectivity index (χ0n) is 6.81. The molecule has 1 aliphatic carbocycles. The van der Waals surface area contributed by atoms with Crippen molar-refractivity contribution in [2.45, 2.75) is 17.6 Å². The second kappa shape index (κ2) is 3.59. The number of hydrogen-bond acceptors (Lipinski definition) is 2. The number of hydrogen-bond donors (Lipinski definition) is 0. The fraction of sp³-hybridized carbons (Fsp3) is 0.375. The van der Waals surface area contributed by atoms with Crippen molar-refractivity contribution in [2.75, 3.05) is 0 Å². The van der Waals surface area contributed by atoms with Gasteiger partial charge in [-0.15, -0.1) is 0 Å². The second-order valence-corrected chi connectivity index (χ2v) is 3.40. The maximum Gasteiger partial charge on any atom is 0.412 e. The Labute approximate surface area is 82.8 Å². The van der Waals surface area contributed by atoms with E-state index in [0.717, 1.165) is 18.2 Å². The molecule has 0 aromatic carbocycles. The van der Waals surface area contributed by atoms with E-state index in [4.69, 9.17) is 11.6 Å². The molecule has 76 valence electrons. The normalized spacial score (nSPS) is 26.7. The zero-order valence-corrected chi connectivity index (χ0v) is 7.56. The predicted octanol–water partition coefficient (Wildman–Crippen LogP) is 2.71. The van der Waals surface area contributed by atoms with Gasteiger partial charge in [-0.2, -0.15) is 18.2 Å². The van der Waals surface area contributed by atoms with Crippen molar-refractivity contribution in [1.82, 2.24) is 0 Å². The Hall–Kier alpha value is -1.06. The van der Waals surface area contributed by atoms with Crippen LogP contribution in [0.15, 0.2) is 28.8 Å². The van der Waals surface area contributed by atoms with Crippen molar-refractivity contribution in [2.24, 2.45) is 4.99 Å². The van der Waals surface area contributed by atoms with Crippen LogP contribution in [0.25, 0.3) is 0 Å². The van der Waals surface area contributed by atoms with E-state index in [2.05, 4.69) is 4.99 Å². The molecule has 14 heavy (non-hydrogen) atoms. The van der Waals surface area contributed by atoms with Crippen molar-refractivity contribution in [3.8, 4) is 0 Å². The van der Waals surface area contributed by atoms with Gasteiger partial charge in [0.2, 0.25) is 6.08 Å². The fourth-order valence-electron chi connectivity index (χ4n) is 1.04. The first-order valence-corrected chi connectivity index (χ1v) is 3.99. The van der Waals surface area contributed by atoms with Crippen molar-refractivity contribution < 1.29 is 18.0 Å². The number of aliphatic imine (C=N–C) groups is 1. The number of nitrogens with zero attached hydrogens (tertiary/aromatic N) is 1. The molecule has 2 nitrogen and oxygen atoms in total. The van der Waals surface area contributed by atoms with Gasteiger partial charge >= 0.3 is 6.18 Å². The van der Waals surface area contributed by atoms with Crippen LogP contribution in [0, 0.1) is 0 Å². The van der Waals surface area contributed by atoms with Crippen LogP contribution in [0.2, 0.25) is 0 Å². The van der Waals surface area contributed by atoms with Crippen LogP contribution in [0.1, 0.15) is 6.42 Å². The van der Waals surface area contributed by atoms with E-state index in [1.54, 1.807) is 0 Å². The van der Waals surface area contributed by atoms with Crippen LogP contribution in [0.4, 0.5) is 13.2 Å². The summed E-state index contributed by atoms with van der Waals surface area (Å²) in [6.45, 7) is 0. The minimum Gasteiger partial charge on any atom is -0.211 e. The molecule has 0 aromatic rings. The highest BCUT2D eigenvalue weighted by Gasteiger charge is 2.40. The Morgan fingerprint density at radius 1 is 1.57 bits per heavy atom. The topological polar surface area (TPSA) is 29.4 Å². The Morgan fingerprint density at radius 2 is 2.21 bits per heavy atom. The van der Waals surface area contributed by atoms with Gasteiger partial charge in [0.25, 0.3) is 0 Å². The van der Waals surface area contributed by atoms with Gasteiger partial charge in [0.15, 0.2) is 5.00 Å². The number of rotatable bonds is 1. The van der Waals surface area contributed by atoms with Gasteiger partial charge in [0.1, 0.15) is 0 Å². The molecular weight excluding hydrogens is 219 g/mol. The van der Waals surface area contributed by atoms with Gasteiger partial charge < -0.3 is 0 Å². The average molecular weight is 224 g/mol. The van der Waals surface area contributed by atoms with Gasteiger partial charge in [-0.05, 0) is 6.08 Å². The van der Waals surface area contributed by atoms with Crippen molar-refractivity contribution in [1.29, 1.82) is 0 Å². The monoisotopic (exact) mass is 223 g/mol. The summed E-state index contributed by atoms with van der Waals surface area (Å²) in [7, 11) is 0. The Balaban J connectivity index is 2.94. The number of alkyl halides is 4. The molecule has 0 spiro atoms. The summed E-state index contributed by atoms with van der Waals surface area (Å²) in [6.07, 6.45) is -0.600. The molecule has 0 saturated heterocycles. The summed E-state index contributed by atoms with van der Waals surface area (Å²) in [5.41, 5.74) is -0.811. The van der Waals surface area contributed by atoms with Gasteiger partial charge in [0.05, 0.1) is 0 Å². The molecular formula is C8H5ClF3NO. The minimum atomic E-state index is -4.44. The quantitative estimate of drug-likeness (QED) is 0.291. The Morgan fingerprint density at radius 3 is 2.71 bits per heavy atom. The van der Waals surface area contributed by atoms with Gasteiger partial charge in [-0.25, -0.2) is 4.79 Å². The predicted molar refractivity (Wildman–Crippen MR) is 44.6 cm³/mol. The van der Waals surface area contributed by atoms with Gasteiger partial charge in [-0.1, -0.05) is 23.8 Å².